The average Bonchev–Trinajstić information content (AvgIpc) is 3.21. The predicted molar refractivity (Wildman–Crippen MR) is 113 cm³/mol. The normalized spacial score (nSPS) is 24.2. The molecule has 3 atom stereocenters. The molecule has 0 aliphatic carbocycles. The summed E-state index contributed by atoms with van der Waals surface area (Å²) in [5.41, 5.74) is 1.34. The van der Waals surface area contributed by atoms with Gasteiger partial charge in [-0.05, 0) is 44.0 Å². The highest BCUT2D eigenvalue weighted by molar-refractivity contribution is 7.89. The van der Waals surface area contributed by atoms with Crippen molar-refractivity contribution >= 4 is 39.1 Å². The minimum Gasteiger partial charge on any atom is -0.346 e. The van der Waals surface area contributed by atoms with Gasteiger partial charge in [0, 0.05) is 12.5 Å². The van der Waals surface area contributed by atoms with E-state index in [4.69, 9.17) is 23.2 Å². The number of amidine groups is 1. The monoisotopic (exact) mass is 455 g/mol. The van der Waals surface area contributed by atoms with Crippen LogP contribution in [0.5, 0.6) is 0 Å². The fourth-order valence-electron chi connectivity index (χ4n) is 4.07. The number of nitrogens with zero attached hydrogens (tertiary/aromatic N) is 2. The molecule has 4 rings (SSSR count). The molecule has 2 aliphatic rings. The highest BCUT2D eigenvalue weighted by Gasteiger charge is 2.49. The first-order valence-corrected chi connectivity index (χ1v) is 11.5. The third-order valence-corrected chi connectivity index (χ3v) is 7.35. The van der Waals surface area contributed by atoms with Gasteiger partial charge in [0.2, 0.25) is 0 Å². The van der Waals surface area contributed by atoms with Crippen LogP contribution in [0.15, 0.2) is 52.5 Å². The van der Waals surface area contributed by atoms with Crippen molar-refractivity contribution < 1.29 is 12.8 Å². The standard InChI is InChI=1S/C20H20Cl2FN3O2S/c1-12-5-8-14(9-6-12)29(27,28)25-24-20(19-15(21)3-2-4-16(19)22)26-13-7-10-18(26)17(23)11-13/h2-6,8-9,13,17-18,25H,7,10-11H2,1H3/b24-20+. The number of hydrogen-bond donors (Lipinski definition) is 1. The molecule has 0 saturated carbocycles. The lowest BCUT2D eigenvalue weighted by Gasteiger charge is -2.27. The van der Waals surface area contributed by atoms with Crippen LogP contribution in [0.4, 0.5) is 4.39 Å². The van der Waals surface area contributed by atoms with Crippen molar-refractivity contribution in [3.63, 3.8) is 0 Å². The number of hydrogen-bond acceptors (Lipinski definition) is 3. The van der Waals surface area contributed by atoms with Gasteiger partial charge in [0.15, 0.2) is 5.84 Å². The second-order valence-electron chi connectivity index (χ2n) is 7.40. The molecular formula is C20H20Cl2FN3O2S. The van der Waals surface area contributed by atoms with E-state index in [1.807, 2.05) is 11.8 Å². The van der Waals surface area contributed by atoms with Crippen molar-refractivity contribution in [1.29, 1.82) is 0 Å². The van der Waals surface area contributed by atoms with Gasteiger partial charge in [-0.3, -0.25) is 0 Å². The number of benzene rings is 2. The minimum absolute atomic E-state index is 0.0648. The second kappa shape index (κ2) is 7.78. The SMILES string of the molecule is Cc1ccc(S(=O)(=O)N/N=C(\c2c(Cl)cccc2Cl)N2C3CCC2C(F)C3)cc1. The van der Waals surface area contributed by atoms with E-state index in [1.165, 1.54) is 12.1 Å². The van der Waals surface area contributed by atoms with Gasteiger partial charge in [0.05, 0.1) is 26.5 Å². The van der Waals surface area contributed by atoms with Gasteiger partial charge in [-0.25, -0.2) is 4.39 Å². The third-order valence-electron chi connectivity index (χ3n) is 5.50. The third kappa shape index (κ3) is 3.83. The van der Waals surface area contributed by atoms with Crippen LogP contribution in [-0.4, -0.2) is 37.4 Å². The summed E-state index contributed by atoms with van der Waals surface area (Å²) in [6.07, 6.45) is 0.888. The summed E-state index contributed by atoms with van der Waals surface area (Å²) in [7, 11) is -3.91. The van der Waals surface area contributed by atoms with Crippen molar-refractivity contribution in [2.75, 3.05) is 0 Å². The van der Waals surface area contributed by atoms with E-state index in [0.717, 1.165) is 12.0 Å². The summed E-state index contributed by atoms with van der Waals surface area (Å²) >= 11 is 12.8. The zero-order valence-electron chi connectivity index (χ0n) is 15.6. The molecule has 2 bridgehead atoms. The second-order valence-corrected chi connectivity index (χ2v) is 9.87. The average molecular weight is 456 g/mol. The smallest absolute Gasteiger partial charge is 0.276 e. The Morgan fingerprint density at radius 3 is 2.34 bits per heavy atom. The Kier molecular flexibility index (Phi) is 5.48. The van der Waals surface area contributed by atoms with Gasteiger partial charge in [-0.15, -0.1) is 5.10 Å². The summed E-state index contributed by atoms with van der Waals surface area (Å²) < 4.78 is 39.9. The maximum absolute atomic E-state index is 14.4. The zero-order valence-corrected chi connectivity index (χ0v) is 18.0. The van der Waals surface area contributed by atoms with Crippen LogP contribution in [0, 0.1) is 6.92 Å². The van der Waals surface area contributed by atoms with E-state index in [1.54, 1.807) is 30.3 Å². The lowest BCUT2D eigenvalue weighted by Crippen LogP contribution is -2.39. The van der Waals surface area contributed by atoms with Gasteiger partial charge in [0.25, 0.3) is 10.0 Å². The number of alkyl halides is 1. The number of rotatable bonds is 4. The molecule has 154 valence electrons. The zero-order chi connectivity index (χ0) is 20.8. The molecule has 0 aromatic heterocycles. The Bertz CT molecular complexity index is 1040. The molecule has 9 heteroatoms. The van der Waals surface area contributed by atoms with Gasteiger partial charge in [0.1, 0.15) is 6.17 Å². The van der Waals surface area contributed by atoms with Crippen LogP contribution in [0.1, 0.15) is 30.4 Å². The van der Waals surface area contributed by atoms with E-state index in [-0.39, 0.29) is 22.8 Å². The first kappa shape index (κ1) is 20.4. The molecule has 0 spiro atoms. The Hall–Kier alpha value is -1.83. The van der Waals surface area contributed by atoms with Crippen LogP contribution in [0.3, 0.4) is 0 Å². The molecule has 0 radical (unpaired) electrons. The molecule has 2 fully saturated rings. The fraction of sp³-hybridized carbons (Fsp3) is 0.350. The summed E-state index contributed by atoms with van der Waals surface area (Å²) in [6.45, 7) is 1.87. The molecule has 2 aromatic rings. The topological polar surface area (TPSA) is 61.8 Å². The molecule has 3 unspecified atom stereocenters. The van der Waals surface area contributed by atoms with Crippen molar-refractivity contribution in [1.82, 2.24) is 9.73 Å². The molecule has 2 aromatic carbocycles. The van der Waals surface area contributed by atoms with Crippen LogP contribution in [0.25, 0.3) is 0 Å². The first-order chi connectivity index (χ1) is 13.8. The summed E-state index contributed by atoms with van der Waals surface area (Å²) in [4.78, 5) is 4.20. The quantitative estimate of drug-likeness (QED) is 0.418. The Morgan fingerprint density at radius 1 is 1.14 bits per heavy atom. The van der Waals surface area contributed by atoms with Crippen LogP contribution < -0.4 is 4.83 Å². The Labute approximate surface area is 179 Å². The van der Waals surface area contributed by atoms with Crippen molar-refractivity contribution in [3.8, 4) is 0 Å². The maximum atomic E-state index is 14.4. The molecule has 5 nitrogen and oxygen atoms in total. The number of hydrazone groups is 1. The summed E-state index contributed by atoms with van der Waals surface area (Å²) in [5, 5.41) is 4.87. The maximum Gasteiger partial charge on any atom is 0.276 e. The van der Waals surface area contributed by atoms with Gasteiger partial charge in [-0.2, -0.15) is 13.2 Å². The lowest BCUT2D eigenvalue weighted by atomic mass is 9.99. The van der Waals surface area contributed by atoms with Crippen LogP contribution in [-0.2, 0) is 10.0 Å². The number of fused-ring (bicyclic) bond motifs is 2. The highest BCUT2D eigenvalue weighted by atomic mass is 35.5. The number of aryl methyl sites for hydroxylation is 1. The summed E-state index contributed by atoms with van der Waals surface area (Å²) in [6, 6.07) is 11.0. The summed E-state index contributed by atoms with van der Waals surface area (Å²) in [5.74, 6) is 0.254. The molecule has 2 saturated heterocycles. The Balaban J connectivity index is 1.76. The van der Waals surface area contributed by atoms with Crippen molar-refractivity contribution in [3.05, 3.63) is 63.6 Å². The molecular weight excluding hydrogens is 436 g/mol. The predicted octanol–water partition coefficient (Wildman–Crippen LogP) is 4.52. The highest BCUT2D eigenvalue weighted by Crippen LogP contribution is 2.42. The first-order valence-electron chi connectivity index (χ1n) is 9.31. The van der Waals surface area contributed by atoms with E-state index >= 15 is 0 Å². The van der Waals surface area contributed by atoms with Gasteiger partial charge < -0.3 is 4.90 Å². The lowest BCUT2D eigenvalue weighted by molar-refractivity contribution is 0.258. The molecule has 1 N–H and O–H groups in total. The molecule has 0 amide bonds. The van der Waals surface area contributed by atoms with Crippen molar-refractivity contribution in [2.24, 2.45) is 5.10 Å². The van der Waals surface area contributed by atoms with Crippen LogP contribution in [0.2, 0.25) is 10.0 Å². The number of halogens is 3. The van der Waals surface area contributed by atoms with E-state index in [9.17, 15) is 12.8 Å². The molecule has 2 aliphatic heterocycles. The number of sulfonamides is 1. The molecule has 29 heavy (non-hydrogen) atoms. The minimum atomic E-state index is -3.91. The van der Waals surface area contributed by atoms with Gasteiger partial charge in [-0.1, -0.05) is 47.0 Å². The Morgan fingerprint density at radius 2 is 1.79 bits per heavy atom. The van der Waals surface area contributed by atoms with E-state index < -0.39 is 16.2 Å². The molecule has 2 heterocycles. The van der Waals surface area contributed by atoms with Gasteiger partial charge >= 0.3 is 0 Å². The number of nitrogens with one attached hydrogen (secondary N) is 1. The fourth-order valence-corrected chi connectivity index (χ4v) is 5.45. The van der Waals surface area contributed by atoms with Crippen LogP contribution >= 0.6 is 23.2 Å². The van der Waals surface area contributed by atoms with E-state index in [2.05, 4.69) is 9.93 Å². The van der Waals surface area contributed by atoms with E-state index in [0.29, 0.717) is 28.5 Å². The van der Waals surface area contributed by atoms with Crippen molar-refractivity contribution in [2.45, 2.75) is 49.3 Å². The largest absolute Gasteiger partial charge is 0.346 e.